The van der Waals surface area contributed by atoms with Crippen molar-refractivity contribution in [2.24, 2.45) is 0 Å². The van der Waals surface area contributed by atoms with Crippen LogP contribution in [0.4, 0.5) is 5.69 Å². The van der Waals surface area contributed by atoms with Gasteiger partial charge in [0, 0.05) is 23.3 Å². The van der Waals surface area contributed by atoms with Crippen molar-refractivity contribution in [3.05, 3.63) is 53.5 Å². The molecule has 0 aliphatic heterocycles. The predicted molar refractivity (Wildman–Crippen MR) is 105 cm³/mol. The van der Waals surface area contributed by atoms with E-state index in [1.54, 1.807) is 24.3 Å². The average molecular weight is 369 g/mol. The third-order valence-corrected chi connectivity index (χ3v) is 5.55. The quantitative estimate of drug-likeness (QED) is 0.818. The Morgan fingerprint density at radius 1 is 1.15 bits per heavy atom. The Balaban J connectivity index is 1.69. The Bertz CT molecular complexity index is 806. The van der Waals surface area contributed by atoms with Gasteiger partial charge in [-0.05, 0) is 63.7 Å². The van der Waals surface area contributed by atoms with E-state index >= 15 is 0 Å². The number of aryl methyl sites for hydroxylation is 1. The van der Waals surface area contributed by atoms with E-state index in [2.05, 4.69) is 29.6 Å². The first-order valence-corrected chi connectivity index (χ1v) is 9.32. The maximum absolute atomic E-state index is 12.7. The number of likely N-dealkylation sites (N-methyl/N-ethyl adjacent to an activating group) is 1. The second kappa shape index (κ2) is 7.96. The molecule has 1 aromatic carbocycles. The molecule has 27 heavy (non-hydrogen) atoms. The summed E-state index contributed by atoms with van der Waals surface area (Å²) in [6, 6.07) is 8.59. The van der Waals surface area contributed by atoms with Crippen LogP contribution < -0.4 is 10.6 Å². The summed E-state index contributed by atoms with van der Waals surface area (Å²) in [6.07, 6.45) is 6.04. The zero-order valence-corrected chi connectivity index (χ0v) is 16.2. The van der Waals surface area contributed by atoms with Crippen molar-refractivity contribution in [1.29, 1.82) is 0 Å². The van der Waals surface area contributed by atoms with Gasteiger partial charge in [-0.1, -0.05) is 18.9 Å². The van der Waals surface area contributed by atoms with E-state index in [1.165, 1.54) is 19.1 Å². The molecule has 0 bridgehead atoms. The molecule has 1 heterocycles. The Kier molecular flexibility index (Phi) is 5.65. The molecule has 6 heteroatoms. The summed E-state index contributed by atoms with van der Waals surface area (Å²) in [5.41, 5.74) is 2.05. The van der Waals surface area contributed by atoms with Crippen LogP contribution in [0, 0.1) is 6.92 Å². The number of nitrogens with zero attached hydrogens (tertiary/aromatic N) is 1. The number of hydrogen-bond acceptors (Lipinski definition) is 4. The lowest BCUT2D eigenvalue weighted by molar-refractivity contribution is 0.0899. The van der Waals surface area contributed by atoms with Crippen LogP contribution >= 0.6 is 0 Å². The third-order valence-electron chi connectivity index (χ3n) is 5.55. The molecule has 0 spiro atoms. The van der Waals surface area contributed by atoms with Gasteiger partial charge in [0.1, 0.15) is 0 Å². The van der Waals surface area contributed by atoms with Crippen molar-refractivity contribution in [2.45, 2.75) is 38.1 Å². The predicted octanol–water partition coefficient (Wildman–Crippen LogP) is 3.44. The highest BCUT2D eigenvalue weighted by Gasteiger charge is 2.36. The Morgan fingerprint density at radius 2 is 1.89 bits per heavy atom. The number of nitrogens with one attached hydrogen (secondary N) is 2. The summed E-state index contributed by atoms with van der Waals surface area (Å²) in [5, 5.41) is 5.89. The summed E-state index contributed by atoms with van der Waals surface area (Å²) in [4.78, 5) is 27.1. The van der Waals surface area contributed by atoms with Gasteiger partial charge in [0.2, 0.25) is 0 Å². The molecule has 1 aliphatic carbocycles. The number of furan rings is 1. The number of benzene rings is 1. The highest BCUT2D eigenvalue weighted by Crippen LogP contribution is 2.33. The van der Waals surface area contributed by atoms with Gasteiger partial charge in [0.25, 0.3) is 11.8 Å². The smallest absolute Gasteiger partial charge is 0.291 e. The highest BCUT2D eigenvalue weighted by molar-refractivity contribution is 6.03. The molecule has 0 atom stereocenters. The zero-order valence-electron chi connectivity index (χ0n) is 16.2. The molecule has 3 rings (SSSR count). The van der Waals surface area contributed by atoms with Gasteiger partial charge < -0.3 is 20.0 Å². The summed E-state index contributed by atoms with van der Waals surface area (Å²) in [6.45, 7) is 2.51. The van der Waals surface area contributed by atoms with Crippen molar-refractivity contribution >= 4 is 17.5 Å². The molecule has 0 unspecified atom stereocenters. The van der Waals surface area contributed by atoms with Crippen molar-refractivity contribution in [3.63, 3.8) is 0 Å². The molecule has 1 saturated carbocycles. The van der Waals surface area contributed by atoms with Crippen LogP contribution in [0.25, 0.3) is 0 Å². The van der Waals surface area contributed by atoms with Gasteiger partial charge in [-0.15, -0.1) is 0 Å². The maximum Gasteiger partial charge on any atom is 0.291 e. The average Bonchev–Trinajstić information content (AvgIpc) is 3.34. The van der Waals surface area contributed by atoms with Gasteiger partial charge in [-0.2, -0.15) is 0 Å². The van der Waals surface area contributed by atoms with Crippen molar-refractivity contribution in [1.82, 2.24) is 10.2 Å². The fraction of sp³-hybridized carbons (Fsp3) is 0.429. The van der Waals surface area contributed by atoms with Gasteiger partial charge in [0.15, 0.2) is 5.76 Å². The monoisotopic (exact) mass is 369 g/mol. The van der Waals surface area contributed by atoms with Crippen LogP contribution in [0.3, 0.4) is 0 Å². The first-order chi connectivity index (χ1) is 12.9. The minimum absolute atomic E-state index is 0.0384. The van der Waals surface area contributed by atoms with E-state index in [0.29, 0.717) is 17.8 Å². The van der Waals surface area contributed by atoms with E-state index in [4.69, 9.17) is 4.42 Å². The second-order valence-corrected chi connectivity index (χ2v) is 7.47. The van der Waals surface area contributed by atoms with E-state index < -0.39 is 0 Å². The molecule has 1 aliphatic rings. The fourth-order valence-corrected chi connectivity index (χ4v) is 3.65. The standard InChI is InChI=1S/C21H27N3O3/c1-15-8-9-16(13-17(15)23-20(26)18-7-6-12-27-18)19(25)22-14-21(24(2)3)10-4-5-11-21/h6-9,12-13H,4-5,10-11,14H2,1-3H3,(H,22,25)(H,23,26). The zero-order chi connectivity index (χ0) is 19.4. The first-order valence-electron chi connectivity index (χ1n) is 9.32. The lowest BCUT2D eigenvalue weighted by atomic mass is 9.96. The van der Waals surface area contributed by atoms with Gasteiger partial charge >= 0.3 is 0 Å². The Hall–Kier alpha value is -2.60. The number of carbonyl (C=O) groups excluding carboxylic acids is 2. The van der Waals surface area contributed by atoms with Crippen LogP contribution in [0.5, 0.6) is 0 Å². The lowest BCUT2D eigenvalue weighted by Crippen LogP contribution is -2.50. The molecule has 1 fully saturated rings. The molecule has 2 aromatic rings. The van der Waals surface area contributed by atoms with Gasteiger partial charge in [-0.3, -0.25) is 9.59 Å². The molecule has 0 radical (unpaired) electrons. The highest BCUT2D eigenvalue weighted by atomic mass is 16.3. The normalized spacial score (nSPS) is 15.7. The number of hydrogen-bond donors (Lipinski definition) is 2. The van der Waals surface area contributed by atoms with Gasteiger partial charge in [0.05, 0.1) is 6.26 Å². The molecular weight excluding hydrogens is 342 g/mol. The number of anilines is 1. The van der Waals surface area contributed by atoms with Crippen LogP contribution in [-0.4, -0.2) is 42.9 Å². The van der Waals surface area contributed by atoms with E-state index in [9.17, 15) is 9.59 Å². The summed E-state index contributed by atoms with van der Waals surface area (Å²) in [5.74, 6) is -0.229. The summed E-state index contributed by atoms with van der Waals surface area (Å²) >= 11 is 0. The second-order valence-electron chi connectivity index (χ2n) is 7.47. The molecule has 6 nitrogen and oxygen atoms in total. The van der Waals surface area contributed by atoms with E-state index in [1.807, 2.05) is 13.0 Å². The van der Waals surface area contributed by atoms with Gasteiger partial charge in [-0.25, -0.2) is 0 Å². The number of carbonyl (C=O) groups is 2. The van der Waals surface area contributed by atoms with Crippen molar-refractivity contribution in [2.75, 3.05) is 26.0 Å². The van der Waals surface area contributed by atoms with E-state index in [-0.39, 0.29) is 23.1 Å². The fourth-order valence-electron chi connectivity index (χ4n) is 3.65. The van der Waals surface area contributed by atoms with E-state index in [0.717, 1.165) is 18.4 Å². The van der Waals surface area contributed by atoms with Crippen LogP contribution in [0.2, 0.25) is 0 Å². The first kappa shape index (κ1) is 19.2. The largest absolute Gasteiger partial charge is 0.459 e. The minimum atomic E-state index is -0.335. The van der Waals surface area contributed by atoms with Crippen molar-refractivity contribution in [3.8, 4) is 0 Å². The number of amides is 2. The lowest BCUT2D eigenvalue weighted by Gasteiger charge is -2.36. The molecule has 0 saturated heterocycles. The summed E-state index contributed by atoms with van der Waals surface area (Å²) in [7, 11) is 4.15. The molecular formula is C21H27N3O3. The topological polar surface area (TPSA) is 74.6 Å². The van der Waals surface area contributed by atoms with Crippen LogP contribution in [-0.2, 0) is 0 Å². The van der Waals surface area contributed by atoms with Crippen LogP contribution in [0.15, 0.2) is 41.0 Å². The van der Waals surface area contributed by atoms with Crippen molar-refractivity contribution < 1.29 is 14.0 Å². The summed E-state index contributed by atoms with van der Waals surface area (Å²) < 4.78 is 5.12. The minimum Gasteiger partial charge on any atom is -0.459 e. The molecule has 2 amide bonds. The maximum atomic E-state index is 12.7. The Labute approximate surface area is 159 Å². The molecule has 1 aromatic heterocycles. The molecule has 144 valence electrons. The third kappa shape index (κ3) is 4.22. The molecule has 2 N–H and O–H groups in total. The van der Waals surface area contributed by atoms with Crippen LogP contribution in [0.1, 0.15) is 52.2 Å². The SMILES string of the molecule is Cc1ccc(C(=O)NCC2(N(C)C)CCCC2)cc1NC(=O)c1ccco1. The number of rotatable bonds is 6. The Morgan fingerprint density at radius 3 is 2.52 bits per heavy atom.